The van der Waals surface area contributed by atoms with Gasteiger partial charge in [0.1, 0.15) is 0 Å². The summed E-state index contributed by atoms with van der Waals surface area (Å²) in [5.41, 5.74) is -0.232. The first kappa shape index (κ1) is 14.8. The Morgan fingerprint density at radius 3 is 2.21 bits per heavy atom. The molecule has 1 aliphatic heterocycles. The minimum Gasteiger partial charge on any atom is -0.342 e. The number of likely N-dealkylation sites (tertiary alicyclic amines) is 1. The normalized spacial score (nSPS) is 23.0. The van der Waals surface area contributed by atoms with Crippen molar-refractivity contribution < 1.29 is 4.79 Å². The first-order valence-electron chi connectivity index (χ1n) is 7.99. The van der Waals surface area contributed by atoms with Gasteiger partial charge < -0.3 is 10.2 Å². The van der Waals surface area contributed by atoms with Crippen molar-refractivity contribution >= 4 is 5.91 Å². The van der Waals surface area contributed by atoms with E-state index in [9.17, 15) is 4.79 Å². The van der Waals surface area contributed by atoms with Crippen molar-refractivity contribution in [2.45, 2.75) is 65.3 Å². The third-order valence-electron chi connectivity index (χ3n) is 4.59. The average molecular weight is 266 g/mol. The molecule has 0 spiro atoms. The van der Waals surface area contributed by atoms with Crippen LogP contribution in [0.2, 0.25) is 0 Å². The summed E-state index contributed by atoms with van der Waals surface area (Å²) < 4.78 is 0. The topological polar surface area (TPSA) is 32.3 Å². The van der Waals surface area contributed by atoms with Gasteiger partial charge in [0.2, 0.25) is 5.91 Å². The van der Waals surface area contributed by atoms with Crippen LogP contribution in [0.15, 0.2) is 0 Å². The second kappa shape index (κ2) is 6.25. The summed E-state index contributed by atoms with van der Waals surface area (Å²) in [4.78, 5) is 14.2. The van der Waals surface area contributed by atoms with Gasteiger partial charge >= 0.3 is 0 Å². The molecule has 110 valence electrons. The lowest BCUT2D eigenvalue weighted by atomic mass is 9.93. The Labute approximate surface area is 118 Å². The third-order valence-corrected chi connectivity index (χ3v) is 4.59. The highest BCUT2D eigenvalue weighted by Gasteiger charge is 2.30. The van der Waals surface area contributed by atoms with Crippen LogP contribution >= 0.6 is 0 Å². The number of carbonyl (C=O) groups is 1. The van der Waals surface area contributed by atoms with Crippen molar-refractivity contribution in [3.63, 3.8) is 0 Å². The van der Waals surface area contributed by atoms with Crippen molar-refractivity contribution in [2.24, 2.45) is 11.3 Å². The van der Waals surface area contributed by atoms with Crippen LogP contribution in [0.1, 0.15) is 59.3 Å². The van der Waals surface area contributed by atoms with E-state index in [0.29, 0.717) is 11.9 Å². The van der Waals surface area contributed by atoms with Crippen molar-refractivity contribution in [1.82, 2.24) is 10.2 Å². The Morgan fingerprint density at radius 1 is 1.11 bits per heavy atom. The molecule has 0 atom stereocenters. The molecule has 1 heterocycles. The fraction of sp³-hybridized carbons (Fsp3) is 0.938. The molecule has 2 fully saturated rings. The number of amides is 1. The van der Waals surface area contributed by atoms with E-state index in [2.05, 4.69) is 5.32 Å². The number of hydrogen-bond donors (Lipinski definition) is 1. The van der Waals surface area contributed by atoms with E-state index in [4.69, 9.17) is 0 Å². The Kier molecular flexibility index (Phi) is 4.88. The maximum absolute atomic E-state index is 12.2. The number of piperidine rings is 1. The molecule has 0 aromatic carbocycles. The molecule has 0 aromatic rings. The first-order chi connectivity index (χ1) is 8.97. The van der Waals surface area contributed by atoms with Crippen molar-refractivity contribution in [3.05, 3.63) is 0 Å². The summed E-state index contributed by atoms with van der Waals surface area (Å²) in [5, 5.41) is 3.72. The molecule has 1 N–H and O–H groups in total. The number of carbonyl (C=O) groups excluding carboxylic acids is 1. The molecular formula is C16H30N2O. The van der Waals surface area contributed by atoms with Gasteiger partial charge in [-0.15, -0.1) is 0 Å². The van der Waals surface area contributed by atoms with Crippen LogP contribution in [0.4, 0.5) is 0 Å². The standard InChI is InChI=1S/C16H30N2O/c1-16(2,3)15(19)18-10-8-14(9-11-18)17-12-13-6-4-5-7-13/h13-14,17H,4-12H2,1-3H3. The van der Waals surface area contributed by atoms with E-state index in [-0.39, 0.29) is 5.41 Å². The highest BCUT2D eigenvalue weighted by atomic mass is 16.2. The highest BCUT2D eigenvalue weighted by molar-refractivity contribution is 5.81. The molecule has 2 rings (SSSR count). The Bertz CT molecular complexity index is 294. The number of nitrogens with zero attached hydrogens (tertiary/aromatic N) is 1. The predicted molar refractivity (Wildman–Crippen MR) is 79.0 cm³/mol. The first-order valence-corrected chi connectivity index (χ1v) is 7.99. The van der Waals surface area contributed by atoms with Crippen molar-refractivity contribution in [3.8, 4) is 0 Å². The third kappa shape index (κ3) is 4.20. The molecule has 0 aromatic heterocycles. The minimum absolute atomic E-state index is 0.232. The van der Waals surface area contributed by atoms with Crippen LogP contribution in [-0.2, 0) is 4.79 Å². The van der Waals surface area contributed by atoms with Gasteiger partial charge in [0, 0.05) is 24.5 Å². The maximum Gasteiger partial charge on any atom is 0.227 e. The van der Waals surface area contributed by atoms with Gasteiger partial charge in [0.15, 0.2) is 0 Å². The zero-order chi connectivity index (χ0) is 13.9. The fourth-order valence-corrected chi connectivity index (χ4v) is 3.31. The molecule has 3 nitrogen and oxygen atoms in total. The van der Waals surface area contributed by atoms with Gasteiger partial charge in [-0.05, 0) is 38.1 Å². The van der Waals surface area contributed by atoms with Crippen LogP contribution in [0, 0.1) is 11.3 Å². The van der Waals surface area contributed by atoms with Crippen LogP contribution in [0.25, 0.3) is 0 Å². The van der Waals surface area contributed by atoms with Gasteiger partial charge in [0.05, 0.1) is 0 Å². The average Bonchev–Trinajstić information content (AvgIpc) is 2.88. The molecule has 1 saturated carbocycles. The van der Waals surface area contributed by atoms with Gasteiger partial charge in [0.25, 0.3) is 0 Å². The Morgan fingerprint density at radius 2 is 1.68 bits per heavy atom. The maximum atomic E-state index is 12.2. The van der Waals surface area contributed by atoms with Gasteiger partial charge in [-0.3, -0.25) is 4.79 Å². The number of hydrogen-bond acceptors (Lipinski definition) is 2. The minimum atomic E-state index is -0.232. The smallest absolute Gasteiger partial charge is 0.227 e. The SMILES string of the molecule is CC(C)(C)C(=O)N1CCC(NCC2CCCC2)CC1. The lowest BCUT2D eigenvalue weighted by molar-refractivity contribution is -0.140. The molecule has 1 amide bonds. The molecule has 19 heavy (non-hydrogen) atoms. The highest BCUT2D eigenvalue weighted by Crippen LogP contribution is 2.25. The zero-order valence-electron chi connectivity index (χ0n) is 12.9. The monoisotopic (exact) mass is 266 g/mol. The van der Waals surface area contributed by atoms with E-state index in [1.807, 2.05) is 25.7 Å². The molecule has 1 saturated heterocycles. The zero-order valence-corrected chi connectivity index (χ0v) is 12.9. The number of nitrogens with one attached hydrogen (secondary N) is 1. The second-order valence-corrected chi connectivity index (χ2v) is 7.38. The van der Waals surface area contributed by atoms with E-state index >= 15 is 0 Å². The van der Waals surface area contributed by atoms with Crippen molar-refractivity contribution in [2.75, 3.05) is 19.6 Å². The van der Waals surface area contributed by atoms with E-state index in [1.54, 1.807) is 0 Å². The second-order valence-electron chi connectivity index (χ2n) is 7.38. The van der Waals surface area contributed by atoms with Gasteiger partial charge in [-0.2, -0.15) is 0 Å². The lowest BCUT2D eigenvalue weighted by Gasteiger charge is -2.36. The van der Waals surface area contributed by atoms with E-state index in [0.717, 1.165) is 31.8 Å². The van der Waals surface area contributed by atoms with E-state index in [1.165, 1.54) is 32.2 Å². The summed E-state index contributed by atoms with van der Waals surface area (Å²) in [7, 11) is 0. The molecule has 0 radical (unpaired) electrons. The fourth-order valence-electron chi connectivity index (χ4n) is 3.31. The number of rotatable bonds is 3. The summed E-state index contributed by atoms with van der Waals surface area (Å²) >= 11 is 0. The van der Waals surface area contributed by atoms with Crippen molar-refractivity contribution in [1.29, 1.82) is 0 Å². The largest absolute Gasteiger partial charge is 0.342 e. The van der Waals surface area contributed by atoms with Crippen LogP contribution < -0.4 is 5.32 Å². The molecule has 0 unspecified atom stereocenters. The summed E-state index contributed by atoms with van der Waals surface area (Å²) in [6.07, 6.45) is 7.90. The quantitative estimate of drug-likeness (QED) is 0.852. The van der Waals surface area contributed by atoms with Crippen LogP contribution in [0.5, 0.6) is 0 Å². The Balaban J connectivity index is 1.68. The Hall–Kier alpha value is -0.570. The predicted octanol–water partition coefficient (Wildman–Crippen LogP) is 2.80. The summed E-state index contributed by atoms with van der Waals surface area (Å²) in [6, 6.07) is 0.629. The summed E-state index contributed by atoms with van der Waals surface area (Å²) in [6.45, 7) is 9.09. The molecule has 1 aliphatic carbocycles. The summed E-state index contributed by atoms with van der Waals surface area (Å²) in [5.74, 6) is 1.22. The van der Waals surface area contributed by atoms with Crippen LogP contribution in [-0.4, -0.2) is 36.5 Å². The van der Waals surface area contributed by atoms with Crippen LogP contribution in [0.3, 0.4) is 0 Å². The van der Waals surface area contributed by atoms with Gasteiger partial charge in [-0.1, -0.05) is 33.6 Å². The molecule has 3 heteroatoms. The molecule has 0 bridgehead atoms. The molecular weight excluding hydrogens is 236 g/mol. The van der Waals surface area contributed by atoms with Gasteiger partial charge in [-0.25, -0.2) is 0 Å². The lowest BCUT2D eigenvalue weighted by Crippen LogP contribution is -2.48. The van der Waals surface area contributed by atoms with E-state index < -0.39 is 0 Å². The molecule has 2 aliphatic rings.